The molecule has 188 valence electrons. The summed E-state index contributed by atoms with van der Waals surface area (Å²) in [5, 5.41) is 3.46. The van der Waals surface area contributed by atoms with Crippen LogP contribution in [0.4, 0.5) is 5.69 Å². The number of fused-ring (bicyclic) bond motifs is 1. The highest BCUT2D eigenvalue weighted by Crippen LogP contribution is 2.32. The minimum Gasteiger partial charge on any atom is -0.398 e. The molecule has 0 bridgehead atoms. The number of nitrogens with one attached hydrogen (secondary N) is 2. The molecule has 3 aromatic rings. The predicted molar refractivity (Wildman–Crippen MR) is 155 cm³/mol. The summed E-state index contributed by atoms with van der Waals surface area (Å²) >= 11 is 6.26. The molecule has 1 aliphatic heterocycles. The van der Waals surface area contributed by atoms with E-state index in [1.165, 1.54) is 6.42 Å². The number of rotatable bonds is 10. The summed E-state index contributed by atoms with van der Waals surface area (Å²) in [7, 11) is 0. The van der Waals surface area contributed by atoms with E-state index in [1.54, 1.807) is 0 Å². The summed E-state index contributed by atoms with van der Waals surface area (Å²) in [6.45, 7) is 14.4. The van der Waals surface area contributed by atoms with Crippen molar-refractivity contribution in [1.29, 1.82) is 0 Å². The van der Waals surface area contributed by atoms with Gasteiger partial charge in [0, 0.05) is 36.1 Å². The van der Waals surface area contributed by atoms with E-state index in [0.717, 1.165) is 82.7 Å². The van der Waals surface area contributed by atoms with Crippen LogP contribution in [0.15, 0.2) is 73.4 Å². The normalized spacial score (nSPS) is 16.8. The lowest BCUT2D eigenvalue weighted by molar-refractivity contribution is 0.397. The van der Waals surface area contributed by atoms with E-state index in [2.05, 4.69) is 54.7 Å². The summed E-state index contributed by atoms with van der Waals surface area (Å²) in [6.07, 6.45) is 10.4. The topological polar surface area (TPSA) is 70.0 Å². The fourth-order valence-electron chi connectivity index (χ4n) is 4.63. The molecule has 1 aromatic heterocycles. The number of nitrogen functional groups attached to an aromatic ring is 1. The number of hydrogen-bond donors (Lipinski definition) is 3. The molecule has 1 fully saturated rings. The van der Waals surface area contributed by atoms with Crippen LogP contribution in [0.2, 0.25) is 0 Å². The van der Waals surface area contributed by atoms with Crippen molar-refractivity contribution in [3.8, 4) is 11.4 Å². The number of halogens is 1. The van der Waals surface area contributed by atoms with Crippen molar-refractivity contribution < 1.29 is 0 Å². The van der Waals surface area contributed by atoms with Crippen LogP contribution in [0.5, 0.6) is 0 Å². The zero-order valence-electron chi connectivity index (χ0n) is 21.3. The van der Waals surface area contributed by atoms with Crippen LogP contribution >= 0.6 is 11.8 Å². The molecule has 5 nitrogen and oxygen atoms in total. The molecule has 2 heterocycles. The Balaban J connectivity index is 1.56. The standard InChI is InChI=1S/C30H36ClN5/c1-5-7-10-25(20(3)6-2)23-11-13-27(32)26(18-23)30-34-28-14-12-22(19-29(28)35-30)21(4)33-16-15-24-9-8-17-36(24)31/h5,7,10-14,18-19,24,33H,3-4,6,8-9,15-17,32H2,1-2H3,(H,34,35)/b7-5-,25-10+. The lowest BCUT2D eigenvalue weighted by Gasteiger charge is -2.17. The fourth-order valence-corrected chi connectivity index (χ4v) is 4.95. The van der Waals surface area contributed by atoms with E-state index < -0.39 is 0 Å². The van der Waals surface area contributed by atoms with Crippen LogP contribution in [0.3, 0.4) is 0 Å². The SMILES string of the molecule is C=C(CC)/C(=C\C=C/C)c1ccc(N)c(-c2nc3ccc(C(=C)NCCC4CCCN4Cl)cc3[nH]2)c1. The summed E-state index contributed by atoms with van der Waals surface area (Å²) in [5.74, 6) is 0.746. The van der Waals surface area contributed by atoms with Crippen LogP contribution in [-0.4, -0.2) is 33.5 Å². The number of nitrogens with zero attached hydrogens (tertiary/aromatic N) is 2. The first-order chi connectivity index (χ1) is 17.4. The lowest BCUT2D eigenvalue weighted by Crippen LogP contribution is -2.25. The molecule has 2 aromatic carbocycles. The number of H-pyrrole nitrogens is 1. The van der Waals surface area contributed by atoms with Crippen LogP contribution in [-0.2, 0) is 0 Å². The lowest BCUT2D eigenvalue weighted by atomic mass is 9.94. The minimum absolute atomic E-state index is 0.439. The Morgan fingerprint density at radius 2 is 2.06 bits per heavy atom. The second-order valence-electron chi connectivity index (χ2n) is 9.30. The molecule has 1 atom stereocenters. The summed E-state index contributed by atoms with van der Waals surface area (Å²) in [5.41, 5.74) is 15.0. The van der Waals surface area contributed by atoms with E-state index in [-0.39, 0.29) is 0 Å². The van der Waals surface area contributed by atoms with Crippen molar-refractivity contribution in [2.45, 2.75) is 45.6 Å². The Morgan fingerprint density at radius 3 is 2.78 bits per heavy atom. The van der Waals surface area contributed by atoms with E-state index in [9.17, 15) is 0 Å². The molecule has 1 aliphatic rings. The molecular weight excluding hydrogens is 466 g/mol. The minimum atomic E-state index is 0.439. The first kappa shape index (κ1) is 25.8. The summed E-state index contributed by atoms with van der Waals surface area (Å²) in [6, 6.07) is 12.7. The van der Waals surface area contributed by atoms with Gasteiger partial charge in [-0.1, -0.05) is 50.4 Å². The van der Waals surface area contributed by atoms with Gasteiger partial charge in [-0.25, -0.2) is 9.40 Å². The number of allylic oxidation sites excluding steroid dienone is 5. The maximum atomic E-state index is 6.39. The third-order valence-electron chi connectivity index (χ3n) is 6.83. The molecular formula is C30H36ClN5. The molecule has 6 heteroatoms. The summed E-state index contributed by atoms with van der Waals surface area (Å²) in [4.78, 5) is 8.30. The predicted octanol–water partition coefficient (Wildman–Crippen LogP) is 7.31. The van der Waals surface area contributed by atoms with E-state index >= 15 is 0 Å². The van der Waals surface area contributed by atoms with Crippen molar-refractivity contribution >= 4 is 39.8 Å². The first-order valence-corrected chi connectivity index (χ1v) is 13.0. The smallest absolute Gasteiger partial charge is 0.140 e. The highest BCUT2D eigenvalue weighted by Gasteiger charge is 2.22. The quantitative estimate of drug-likeness (QED) is 0.155. The summed E-state index contributed by atoms with van der Waals surface area (Å²) < 4.78 is 1.93. The van der Waals surface area contributed by atoms with Crippen molar-refractivity contribution in [2.24, 2.45) is 0 Å². The Hall–Kier alpha value is -3.28. The number of aromatic nitrogens is 2. The zero-order chi connectivity index (χ0) is 25.7. The van der Waals surface area contributed by atoms with Crippen LogP contribution in [0.1, 0.15) is 50.7 Å². The van der Waals surface area contributed by atoms with Crippen molar-refractivity contribution in [2.75, 3.05) is 18.8 Å². The molecule has 4 rings (SSSR count). The number of aromatic amines is 1. The molecule has 0 spiro atoms. The van der Waals surface area contributed by atoms with Crippen molar-refractivity contribution in [3.05, 3.63) is 84.5 Å². The molecule has 0 radical (unpaired) electrons. The van der Waals surface area contributed by atoms with Gasteiger partial charge in [-0.3, -0.25) is 0 Å². The number of imidazole rings is 1. The Labute approximate surface area is 219 Å². The third-order valence-corrected chi connectivity index (χ3v) is 7.28. The van der Waals surface area contributed by atoms with Gasteiger partial charge in [-0.2, -0.15) is 0 Å². The molecule has 0 amide bonds. The highest BCUT2D eigenvalue weighted by molar-refractivity contribution is 6.13. The van der Waals surface area contributed by atoms with Crippen molar-refractivity contribution in [1.82, 2.24) is 19.7 Å². The first-order valence-electron chi connectivity index (χ1n) is 12.7. The number of anilines is 1. The molecule has 0 saturated carbocycles. The zero-order valence-corrected chi connectivity index (χ0v) is 22.0. The Kier molecular flexibility index (Phi) is 8.34. The molecule has 4 N–H and O–H groups in total. The second-order valence-corrected chi connectivity index (χ2v) is 9.73. The third kappa shape index (κ3) is 5.75. The molecule has 0 aliphatic carbocycles. The average Bonchev–Trinajstić information content (AvgIpc) is 3.50. The van der Waals surface area contributed by atoms with Gasteiger partial charge in [0.05, 0.1) is 11.0 Å². The van der Waals surface area contributed by atoms with Crippen LogP contribution in [0.25, 0.3) is 33.7 Å². The Morgan fingerprint density at radius 1 is 1.25 bits per heavy atom. The van der Waals surface area contributed by atoms with Gasteiger partial charge < -0.3 is 16.0 Å². The van der Waals surface area contributed by atoms with Gasteiger partial charge in [-0.05, 0) is 90.9 Å². The maximum Gasteiger partial charge on any atom is 0.140 e. The fraction of sp³-hybridized carbons (Fsp3) is 0.300. The molecule has 1 saturated heterocycles. The van der Waals surface area contributed by atoms with Gasteiger partial charge in [0.15, 0.2) is 0 Å². The number of nitrogens with two attached hydrogens (primary N) is 1. The van der Waals surface area contributed by atoms with E-state index in [1.807, 2.05) is 41.7 Å². The van der Waals surface area contributed by atoms with Gasteiger partial charge in [0.25, 0.3) is 0 Å². The highest BCUT2D eigenvalue weighted by atomic mass is 35.5. The van der Waals surface area contributed by atoms with Crippen LogP contribution < -0.4 is 11.1 Å². The largest absolute Gasteiger partial charge is 0.398 e. The second kappa shape index (κ2) is 11.6. The molecule has 1 unspecified atom stereocenters. The van der Waals surface area contributed by atoms with Gasteiger partial charge in [-0.15, -0.1) is 0 Å². The van der Waals surface area contributed by atoms with Gasteiger partial charge in [0.1, 0.15) is 5.82 Å². The van der Waals surface area contributed by atoms with E-state index in [4.69, 9.17) is 22.5 Å². The van der Waals surface area contributed by atoms with Gasteiger partial charge >= 0.3 is 0 Å². The average molecular weight is 502 g/mol. The number of hydrogen-bond acceptors (Lipinski definition) is 4. The molecule has 36 heavy (non-hydrogen) atoms. The monoisotopic (exact) mass is 501 g/mol. The van der Waals surface area contributed by atoms with E-state index in [0.29, 0.717) is 11.7 Å². The van der Waals surface area contributed by atoms with Crippen molar-refractivity contribution in [3.63, 3.8) is 0 Å². The maximum absolute atomic E-state index is 6.39. The van der Waals surface area contributed by atoms with Crippen LogP contribution in [0, 0.1) is 0 Å². The Bertz CT molecular complexity index is 1320. The van der Waals surface area contributed by atoms with Gasteiger partial charge in [0.2, 0.25) is 0 Å². The number of benzene rings is 2.